The molecular formula is C10H12BrNO2. The SMILES string of the molecule is O=C(c1ccoc1)N1CCCC1CBr. The van der Waals surface area contributed by atoms with Crippen LogP contribution in [0.3, 0.4) is 0 Å². The standard InChI is InChI=1S/C10H12BrNO2/c11-6-9-2-1-4-12(9)10(13)8-3-5-14-7-8/h3,5,7,9H,1-2,4,6H2. The Morgan fingerprint density at radius 2 is 2.57 bits per heavy atom. The maximum absolute atomic E-state index is 11.9. The van der Waals surface area contributed by atoms with Crippen LogP contribution in [0.15, 0.2) is 23.0 Å². The van der Waals surface area contributed by atoms with Gasteiger partial charge in [0.2, 0.25) is 0 Å². The van der Waals surface area contributed by atoms with E-state index in [4.69, 9.17) is 4.42 Å². The fraction of sp³-hybridized carbons (Fsp3) is 0.500. The molecule has 1 aliphatic heterocycles. The number of carbonyl (C=O) groups is 1. The average molecular weight is 258 g/mol. The van der Waals surface area contributed by atoms with E-state index in [-0.39, 0.29) is 5.91 Å². The maximum atomic E-state index is 11.9. The fourth-order valence-electron chi connectivity index (χ4n) is 1.82. The zero-order chi connectivity index (χ0) is 9.97. The topological polar surface area (TPSA) is 33.5 Å². The van der Waals surface area contributed by atoms with E-state index in [1.807, 2.05) is 4.90 Å². The van der Waals surface area contributed by atoms with Crippen molar-refractivity contribution >= 4 is 21.8 Å². The molecule has 0 bridgehead atoms. The van der Waals surface area contributed by atoms with E-state index in [0.717, 1.165) is 24.7 Å². The molecule has 0 aliphatic carbocycles. The molecule has 1 fully saturated rings. The fourth-order valence-corrected chi connectivity index (χ4v) is 2.49. The van der Waals surface area contributed by atoms with E-state index < -0.39 is 0 Å². The highest BCUT2D eigenvalue weighted by molar-refractivity contribution is 9.09. The van der Waals surface area contributed by atoms with Crippen LogP contribution in [0.1, 0.15) is 23.2 Å². The lowest BCUT2D eigenvalue weighted by Crippen LogP contribution is -2.36. The van der Waals surface area contributed by atoms with Crippen LogP contribution in [0.4, 0.5) is 0 Å². The molecule has 1 aliphatic rings. The van der Waals surface area contributed by atoms with Crippen LogP contribution in [-0.4, -0.2) is 28.7 Å². The van der Waals surface area contributed by atoms with Crippen LogP contribution in [0.5, 0.6) is 0 Å². The summed E-state index contributed by atoms with van der Waals surface area (Å²) in [6.45, 7) is 0.861. The Labute approximate surface area is 91.2 Å². The molecule has 1 unspecified atom stereocenters. The molecule has 1 atom stereocenters. The minimum Gasteiger partial charge on any atom is -0.472 e. The molecule has 0 spiro atoms. The molecule has 1 aromatic rings. The zero-order valence-corrected chi connectivity index (χ0v) is 9.37. The molecule has 0 radical (unpaired) electrons. The minimum atomic E-state index is 0.0840. The van der Waals surface area contributed by atoms with Crippen molar-refractivity contribution in [3.8, 4) is 0 Å². The highest BCUT2D eigenvalue weighted by Gasteiger charge is 2.28. The summed E-state index contributed by atoms with van der Waals surface area (Å²) >= 11 is 3.43. The minimum absolute atomic E-state index is 0.0840. The van der Waals surface area contributed by atoms with Crippen LogP contribution in [0.25, 0.3) is 0 Å². The van der Waals surface area contributed by atoms with Gasteiger partial charge in [0, 0.05) is 17.9 Å². The van der Waals surface area contributed by atoms with Gasteiger partial charge in [0.15, 0.2) is 0 Å². The van der Waals surface area contributed by atoms with Crippen LogP contribution in [0, 0.1) is 0 Å². The van der Waals surface area contributed by atoms with Gasteiger partial charge in [-0.3, -0.25) is 4.79 Å². The number of hydrogen-bond acceptors (Lipinski definition) is 2. The number of likely N-dealkylation sites (tertiary alicyclic amines) is 1. The number of hydrogen-bond donors (Lipinski definition) is 0. The van der Waals surface area contributed by atoms with Gasteiger partial charge in [0.1, 0.15) is 6.26 Å². The Hall–Kier alpha value is -0.770. The third-order valence-electron chi connectivity index (χ3n) is 2.58. The summed E-state index contributed by atoms with van der Waals surface area (Å²) in [6, 6.07) is 2.06. The largest absolute Gasteiger partial charge is 0.472 e. The Bertz CT molecular complexity index is 310. The normalized spacial score (nSPS) is 21.5. The van der Waals surface area contributed by atoms with Crippen molar-refractivity contribution in [2.24, 2.45) is 0 Å². The molecule has 0 aromatic carbocycles. The lowest BCUT2D eigenvalue weighted by Gasteiger charge is -2.22. The molecule has 1 aromatic heterocycles. The van der Waals surface area contributed by atoms with Gasteiger partial charge in [-0.05, 0) is 18.9 Å². The molecule has 3 nitrogen and oxygen atoms in total. The first-order valence-electron chi connectivity index (χ1n) is 4.72. The molecule has 2 heterocycles. The molecular weight excluding hydrogens is 246 g/mol. The summed E-state index contributed by atoms with van der Waals surface area (Å²) in [7, 11) is 0. The predicted molar refractivity (Wildman–Crippen MR) is 56.6 cm³/mol. The van der Waals surface area contributed by atoms with Gasteiger partial charge >= 0.3 is 0 Å². The van der Waals surface area contributed by atoms with Gasteiger partial charge in [-0.1, -0.05) is 15.9 Å². The van der Waals surface area contributed by atoms with E-state index in [0.29, 0.717) is 11.6 Å². The van der Waals surface area contributed by atoms with Crippen molar-refractivity contribution < 1.29 is 9.21 Å². The first kappa shape index (κ1) is 9.77. The van der Waals surface area contributed by atoms with Crippen LogP contribution in [0.2, 0.25) is 0 Å². The summed E-state index contributed by atoms with van der Waals surface area (Å²) in [4.78, 5) is 13.8. The van der Waals surface area contributed by atoms with Crippen LogP contribution in [-0.2, 0) is 0 Å². The smallest absolute Gasteiger partial charge is 0.257 e. The highest BCUT2D eigenvalue weighted by atomic mass is 79.9. The third-order valence-corrected chi connectivity index (χ3v) is 3.33. The van der Waals surface area contributed by atoms with Gasteiger partial charge in [0.05, 0.1) is 11.8 Å². The van der Waals surface area contributed by atoms with Crippen LogP contribution >= 0.6 is 15.9 Å². The van der Waals surface area contributed by atoms with Gasteiger partial charge in [-0.2, -0.15) is 0 Å². The average Bonchev–Trinajstić information content (AvgIpc) is 2.87. The number of rotatable bonds is 2. The summed E-state index contributed by atoms with van der Waals surface area (Å²) < 4.78 is 4.90. The van der Waals surface area contributed by atoms with E-state index in [2.05, 4.69) is 15.9 Å². The van der Waals surface area contributed by atoms with Crippen molar-refractivity contribution in [3.05, 3.63) is 24.2 Å². The van der Waals surface area contributed by atoms with Crippen LogP contribution < -0.4 is 0 Å². The lowest BCUT2D eigenvalue weighted by atomic mass is 10.2. The molecule has 1 amide bonds. The molecule has 0 saturated carbocycles. The number of nitrogens with zero attached hydrogens (tertiary/aromatic N) is 1. The first-order chi connectivity index (χ1) is 6.83. The summed E-state index contributed by atoms with van der Waals surface area (Å²) in [5.41, 5.74) is 0.651. The monoisotopic (exact) mass is 257 g/mol. The van der Waals surface area contributed by atoms with Crippen molar-refractivity contribution in [2.45, 2.75) is 18.9 Å². The first-order valence-corrected chi connectivity index (χ1v) is 5.84. The number of amides is 1. The predicted octanol–water partition coefficient (Wildman–Crippen LogP) is 2.28. The van der Waals surface area contributed by atoms with Gasteiger partial charge in [-0.15, -0.1) is 0 Å². The van der Waals surface area contributed by atoms with Gasteiger partial charge < -0.3 is 9.32 Å². The molecule has 2 rings (SSSR count). The zero-order valence-electron chi connectivity index (χ0n) is 7.78. The molecule has 0 N–H and O–H groups in total. The second kappa shape index (κ2) is 4.17. The number of furan rings is 1. The summed E-state index contributed by atoms with van der Waals surface area (Å²) in [5.74, 6) is 0.0840. The number of halogens is 1. The van der Waals surface area contributed by atoms with E-state index >= 15 is 0 Å². The molecule has 76 valence electrons. The molecule has 1 saturated heterocycles. The molecule has 4 heteroatoms. The Balaban J connectivity index is 2.11. The number of carbonyl (C=O) groups excluding carboxylic acids is 1. The Kier molecular flexibility index (Phi) is 2.91. The van der Waals surface area contributed by atoms with Crippen molar-refractivity contribution in [1.29, 1.82) is 0 Å². The summed E-state index contributed by atoms with van der Waals surface area (Å²) in [5, 5.41) is 0.858. The summed E-state index contributed by atoms with van der Waals surface area (Å²) in [6.07, 6.45) is 5.23. The second-order valence-corrected chi connectivity index (χ2v) is 4.11. The van der Waals surface area contributed by atoms with Crippen molar-refractivity contribution in [1.82, 2.24) is 4.90 Å². The highest BCUT2D eigenvalue weighted by Crippen LogP contribution is 2.21. The van der Waals surface area contributed by atoms with Crippen molar-refractivity contribution in [2.75, 3.05) is 11.9 Å². The Morgan fingerprint density at radius 3 is 3.21 bits per heavy atom. The van der Waals surface area contributed by atoms with Gasteiger partial charge in [-0.25, -0.2) is 0 Å². The quantitative estimate of drug-likeness (QED) is 0.762. The van der Waals surface area contributed by atoms with E-state index in [1.54, 1.807) is 6.07 Å². The second-order valence-electron chi connectivity index (χ2n) is 3.46. The van der Waals surface area contributed by atoms with E-state index in [9.17, 15) is 4.79 Å². The Morgan fingerprint density at radius 1 is 1.71 bits per heavy atom. The maximum Gasteiger partial charge on any atom is 0.257 e. The third kappa shape index (κ3) is 1.71. The lowest BCUT2D eigenvalue weighted by molar-refractivity contribution is 0.0750. The van der Waals surface area contributed by atoms with Crippen molar-refractivity contribution in [3.63, 3.8) is 0 Å². The van der Waals surface area contributed by atoms with Gasteiger partial charge in [0.25, 0.3) is 5.91 Å². The van der Waals surface area contributed by atoms with E-state index in [1.165, 1.54) is 12.5 Å². The number of alkyl halides is 1. The molecule has 14 heavy (non-hydrogen) atoms.